The van der Waals surface area contributed by atoms with Crippen LogP contribution in [0.3, 0.4) is 0 Å². The van der Waals surface area contributed by atoms with E-state index in [1.165, 1.54) is 61.3 Å². The first-order valence-electron chi connectivity index (χ1n) is 10.3. The van der Waals surface area contributed by atoms with E-state index in [2.05, 4.69) is 15.6 Å². The van der Waals surface area contributed by atoms with Crippen molar-refractivity contribution in [3.8, 4) is 11.5 Å². The van der Waals surface area contributed by atoms with Gasteiger partial charge in [-0.15, -0.1) is 0 Å². The number of hydrazone groups is 1. The summed E-state index contributed by atoms with van der Waals surface area (Å²) < 4.78 is 11.8. The number of methoxy groups -OCH3 is 1. The van der Waals surface area contributed by atoms with E-state index in [1.807, 2.05) is 0 Å². The number of hydrogen-bond acceptors (Lipinski definition) is 10. The second-order valence-corrected chi connectivity index (χ2v) is 7.36. The smallest absolute Gasteiger partial charge is 0.390 e. The van der Waals surface area contributed by atoms with Crippen molar-refractivity contribution in [1.82, 2.24) is 15.2 Å². The number of nitrogens with zero attached hydrogens (tertiary/aromatic N) is 5. The lowest BCUT2D eigenvalue weighted by molar-refractivity contribution is -0.389. The number of ether oxygens (including phenoxy) is 2. The Balaban J connectivity index is 1.67. The number of carbonyl (C=O) groups is 2. The summed E-state index contributed by atoms with van der Waals surface area (Å²) in [7, 11) is 1.36. The number of carbonyl (C=O) groups excluding carboxylic acids is 2. The number of nitro benzene ring substituents is 1. The van der Waals surface area contributed by atoms with Gasteiger partial charge >= 0.3 is 11.8 Å². The van der Waals surface area contributed by atoms with E-state index in [4.69, 9.17) is 9.47 Å². The summed E-state index contributed by atoms with van der Waals surface area (Å²) in [5.74, 6) is -1.46. The van der Waals surface area contributed by atoms with Gasteiger partial charge in [0.25, 0.3) is 11.6 Å². The average Bonchev–Trinajstić information content (AvgIpc) is 3.20. The molecule has 36 heavy (non-hydrogen) atoms. The molecule has 0 aliphatic carbocycles. The first kappa shape index (κ1) is 25.5. The fourth-order valence-corrected chi connectivity index (χ4v) is 3.14. The van der Waals surface area contributed by atoms with Gasteiger partial charge in [0.05, 0.1) is 40.7 Å². The molecule has 2 aromatic carbocycles. The van der Waals surface area contributed by atoms with Crippen LogP contribution >= 0.6 is 0 Å². The van der Waals surface area contributed by atoms with E-state index >= 15 is 0 Å². The highest BCUT2D eigenvalue weighted by Gasteiger charge is 2.21. The van der Waals surface area contributed by atoms with E-state index in [0.717, 1.165) is 0 Å². The number of aryl methyl sites for hydroxylation is 1. The summed E-state index contributed by atoms with van der Waals surface area (Å²) in [6.07, 6.45) is 1.31. The molecule has 0 saturated heterocycles. The van der Waals surface area contributed by atoms with E-state index in [1.54, 1.807) is 13.0 Å². The maximum atomic E-state index is 12.6. The monoisotopic (exact) mass is 496 g/mol. The Morgan fingerprint density at radius 2 is 1.86 bits per heavy atom. The van der Waals surface area contributed by atoms with E-state index < -0.39 is 21.7 Å². The maximum Gasteiger partial charge on any atom is 0.390 e. The van der Waals surface area contributed by atoms with Crippen LogP contribution < -0.4 is 14.9 Å². The molecular formula is C22H20N6O8. The number of aromatic nitrogens is 2. The Hall–Kier alpha value is -5.14. The average molecular weight is 496 g/mol. The predicted molar refractivity (Wildman–Crippen MR) is 125 cm³/mol. The molecule has 0 aliphatic heterocycles. The normalized spacial score (nSPS) is 10.8. The van der Waals surface area contributed by atoms with Crippen molar-refractivity contribution in [2.75, 3.05) is 7.11 Å². The van der Waals surface area contributed by atoms with Crippen molar-refractivity contribution in [2.24, 2.45) is 5.10 Å². The van der Waals surface area contributed by atoms with Crippen molar-refractivity contribution < 1.29 is 28.9 Å². The molecule has 3 rings (SSSR count). The van der Waals surface area contributed by atoms with Crippen molar-refractivity contribution in [2.45, 2.75) is 20.4 Å². The van der Waals surface area contributed by atoms with E-state index in [0.29, 0.717) is 11.3 Å². The zero-order valence-electron chi connectivity index (χ0n) is 19.3. The van der Waals surface area contributed by atoms with Gasteiger partial charge in [-0.1, -0.05) is 6.07 Å². The predicted octanol–water partition coefficient (Wildman–Crippen LogP) is 2.69. The number of nitrogens with one attached hydrogen (secondary N) is 1. The summed E-state index contributed by atoms with van der Waals surface area (Å²) in [6, 6.07) is 9.84. The number of esters is 1. The molecule has 0 radical (unpaired) electrons. The molecule has 14 nitrogen and oxygen atoms in total. The van der Waals surface area contributed by atoms with Crippen molar-refractivity contribution >= 4 is 29.6 Å². The molecule has 0 atom stereocenters. The van der Waals surface area contributed by atoms with Crippen LogP contribution in [0.25, 0.3) is 0 Å². The maximum absolute atomic E-state index is 12.6. The van der Waals surface area contributed by atoms with Gasteiger partial charge in [0.2, 0.25) is 0 Å². The van der Waals surface area contributed by atoms with Gasteiger partial charge in [0, 0.05) is 11.6 Å². The molecule has 14 heteroatoms. The van der Waals surface area contributed by atoms with Crippen molar-refractivity contribution in [1.29, 1.82) is 0 Å². The third kappa shape index (κ3) is 5.85. The third-order valence-corrected chi connectivity index (χ3v) is 4.96. The summed E-state index contributed by atoms with van der Waals surface area (Å²) >= 11 is 0. The first-order chi connectivity index (χ1) is 17.1. The topological polar surface area (TPSA) is 181 Å². The summed E-state index contributed by atoms with van der Waals surface area (Å²) in [5, 5.41) is 29.5. The van der Waals surface area contributed by atoms with Gasteiger partial charge in [-0.2, -0.15) is 9.78 Å². The lowest BCUT2D eigenvalue weighted by Crippen LogP contribution is -2.24. The van der Waals surface area contributed by atoms with Crippen LogP contribution in [0, 0.1) is 34.1 Å². The Labute approximate surface area is 203 Å². The summed E-state index contributed by atoms with van der Waals surface area (Å²) in [6.45, 7) is 2.76. The molecule has 1 N–H and O–H groups in total. The van der Waals surface area contributed by atoms with Gasteiger partial charge in [-0.3, -0.25) is 14.9 Å². The van der Waals surface area contributed by atoms with Gasteiger partial charge in [0.1, 0.15) is 6.54 Å². The van der Waals surface area contributed by atoms with Gasteiger partial charge in [0.15, 0.2) is 11.5 Å². The SMILES string of the molecule is COc1cc(C=NNC(=O)Cn2nc([N+](=O)[O-])cc2C)ccc1OC(=O)c1cccc([N+](=O)[O-])c1C. The molecule has 1 aromatic heterocycles. The molecule has 1 amide bonds. The molecule has 0 bridgehead atoms. The number of hydrogen-bond donors (Lipinski definition) is 1. The van der Waals surface area contributed by atoms with Gasteiger partial charge < -0.3 is 19.6 Å². The Morgan fingerprint density at radius 3 is 2.50 bits per heavy atom. The zero-order chi connectivity index (χ0) is 26.4. The number of rotatable bonds is 9. The first-order valence-corrected chi connectivity index (χ1v) is 10.3. The molecule has 0 unspecified atom stereocenters. The van der Waals surface area contributed by atoms with Crippen molar-refractivity contribution in [3.63, 3.8) is 0 Å². The highest BCUT2D eigenvalue weighted by atomic mass is 16.6. The van der Waals surface area contributed by atoms with Gasteiger partial charge in [-0.25, -0.2) is 10.2 Å². The van der Waals surface area contributed by atoms with Crippen LogP contribution in [-0.4, -0.2) is 44.8 Å². The molecule has 0 fully saturated rings. The molecule has 186 valence electrons. The molecule has 0 spiro atoms. The number of benzene rings is 2. The van der Waals surface area contributed by atoms with Crippen LogP contribution in [0.5, 0.6) is 11.5 Å². The number of amides is 1. The van der Waals surface area contributed by atoms with Crippen LogP contribution in [0.1, 0.15) is 27.2 Å². The third-order valence-electron chi connectivity index (χ3n) is 4.96. The van der Waals surface area contributed by atoms with Crippen LogP contribution in [-0.2, 0) is 11.3 Å². The molecule has 0 saturated carbocycles. The molecule has 1 heterocycles. The minimum atomic E-state index is -0.794. The van der Waals surface area contributed by atoms with Crippen LogP contribution in [0.2, 0.25) is 0 Å². The number of nitro groups is 2. The lowest BCUT2D eigenvalue weighted by Gasteiger charge is -2.11. The standard InChI is InChI=1S/C22H20N6O8/c1-13-9-20(28(33)34)25-26(13)12-21(29)24-23-11-15-7-8-18(19(10-15)35-3)36-22(30)16-5-4-6-17(14(16)2)27(31)32/h4-11H,12H2,1-3H3,(H,24,29). The molecule has 3 aromatic rings. The Kier molecular flexibility index (Phi) is 7.69. The fraction of sp³-hybridized carbons (Fsp3) is 0.182. The zero-order valence-corrected chi connectivity index (χ0v) is 19.3. The fourth-order valence-electron chi connectivity index (χ4n) is 3.14. The van der Waals surface area contributed by atoms with Crippen LogP contribution in [0.15, 0.2) is 47.6 Å². The Morgan fingerprint density at radius 1 is 1.11 bits per heavy atom. The second-order valence-electron chi connectivity index (χ2n) is 7.36. The quantitative estimate of drug-likeness (QED) is 0.153. The second kappa shape index (κ2) is 10.9. The van der Waals surface area contributed by atoms with Crippen molar-refractivity contribution in [3.05, 3.63) is 85.1 Å². The lowest BCUT2D eigenvalue weighted by atomic mass is 10.1. The van der Waals surface area contributed by atoms with Crippen LogP contribution in [0.4, 0.5) is 11.5 Å². The summed E-state index contributed by atoms with van der Waals surface area (Å²) in [5.41, 5.74) is 3.23. The minimum absolute atomic E-state index is 0.0392. The summed E-state index contributed by atoms with van der Waals surface area (Å²) in [4.78, 5) is 45.4. The van der Waals surface area contributed by atoms with E-state index in [-0.39, 0.29) is 40.7 Å². The largest absolute Gasteiger partial charge is 0.493 e. The highest BCUT2D eigenvalue weighted by molar-refractivity contribution is 5.94. The highest BCUT2D eigenvalue weighted by Crippen LogP contribution is 2.29. The van der Waals surface area contributed by atoms with Gasteiger partial charge in [-0.05, 0) is 48.6 Å². The van der Waals surface area contributed by atoms with E-state index in [9.17, 15) is 29.8 Å². The Bertz CT molecular complexity index is 1380. The molecule has 0 aliphatic rings. The molecular weight excluding hydrogens is 476 g/mol. The minimum Gasteiger partial charge on any atom is -0.493 e.